The molecule has 1 aliphatic carbocycles. The molecule has 0 unspecified atom stereocenters. The van der Waals surface area contributed by atoms with Crippen LogP contribution in [0.5, 0.6) is 0 Å². The molecule has 3 nitrogen and oxygen atoms in total. The highest BCUT2D eigenvalue weighted by atomic mass is 16.3. The van der Waals surface area contributed by atoms with Gasteiger partial charge in [-0.3, -0.25) is 4.90 Å². The second-order valence-corrected chi connectivity index (χ2v) is 3.66. The quantitative estimate of drug-likeness (QED) is 0.598. The Kier molecular flexibility index (Phi) is 2.52. The van der Waals surface area contributed by atoms with E-state index in [1.165, 1.54) is 12.8 Å². The van der Waals surface area contributed by atoms with Crippen molar-refractivity contribution in [2.24, 2.45) is 0 Å². The molecule has 0 radical (unpaired) electrons. The van der Waals surface area contributed by atoms with E-state index in [2.05, 4.69) is 4.90 Å². The van der Waals surface area contributed by atoms with Crippen LogP contribution in [0.3, 0.4) is 0 Å². The van der Waals surface area contributed by atoms with E-state index >= 15 is 0 Å². The van der Waals surface area contributed by atoms with Crippen LogP contribution in [0, 0.1) is 0 Å². The van der Waals surface area contributed by atoms with Gasteiger partial charge in [0.25, 0.3) is 0 Å². The van der Waals surface area contributed by atoms with E-state index in [4.69, 9.17) is 10.2 Å². The van der Waals surface area contributed by atoms with Gasteiger partial charge in [-0.1, -0.05) is 0 Å². The van der Waals surface area contributed by atoms with Gasteiger partial charge in [-0.2, -0.15) is 0 Å². The molecule has 1 fully saturated rings. The molecular formula is C8H17NO2. The fourth-order valence-corrected chi connectivity index (χ4v) is 1.18. The molecular weight excluding hydrogens is 142 g/mol. The Morgan fingerprint density at radius 2 is 1.82 bits per heavy atom. The smallest absolute Gasteiger partial charge is 0.0644 e. The number of likely N-dealkylation sites (N-methyl/N-ethyl adjacent to an activating group) is 1. The van der Waals surface area contributed by atoms with E-state index in [1.54, 1.807) is 0 Å². The molecule has 0 aromatic heterocycles. The molecule has 3 heteroatoms. The largest absolute Gasteiger partial charge is 0.394 e. The van der Waals surface area contributed by atoms with Gasteiger partial charge in [-0.25, -0.2) is 0 Å². The van der Waals surface area contributed by atoms with Crippen molar-refractivity contribution in [1.82, 2.24) is 4.90 Å². The highest BCUT2D eigenvalue weighted by Crippen LogP contribution is 2.30. The van der Waals surface area contributed by atoms with Gasteiger partial charge in [-0.05, 0) is 26.8 Å². The van der Waals surface area contributed by atoms with Crippen molar-refractivity contribution < 1.29 is 10.2 Å². The Morgan fingerprint density at radius 3 is 2.09 bits per heavy atom. The summed E-state index contributed by atoms with van der Waals surface area (Å²) in [5.41, 5.74) is -0.429. The van der Waals surface area contributed by atoms with Crippen molar-refractivity contribution >= 4 is 0 Å². The molecule has 0 saturated heterocycles. The molecule has 0 atom stereocenters. The minimum Gasteiger partial charge on any atom is -0.394 e. The highest BCUT2D eigenvalue weighted by molar-refractivity contribution is 4.93. The number of aliphatic hydroxyl groups is 2. The van der Waals surface area contributed by atoms with Gasteiger partial charge in [0.15, 0.2) is 0 Å². The van der Waals surface area contributed by atoms with Gasteiger partial charge in [0.2, 0.25) is 0 Å². The molecule has 0 aromatic carbocycles. The minimum atomic E-state index is -0.429. The summed E-state index contributed by atoms with van der Waals surface area (Å²) < 4.78 is 0. The lowest BCUT2D eigenvalue weighted by Gasteiger charge is -2.35. The molecule has 0 aromatic rings. The maximum atomic E-state index is 9.03. The van der Waals surface area contributed by atoms with E-state index < -0.39 is 5.54 Å². The van der Waals surface area contributed by atoms with Crippen LogP contribution in [0.25, 0.3) is 0 Å². The Morgan fingerprint density at radius 1 is 1.36 bits per heavy atom. The Hall–Kier alpha value is -0.120. The summed E-state index contributed by atoms with van der Waals surface area (Å²) >= 11 is 0. The van der Waals surface area contributed by atoms with Gasteiger partial charge >= 0.3 is 0 Å². The molecule has 1 aliphatic rings. The first-order valence-electron chi connectivity index (χ1n) is 4.09. The summed E-state index contributed by atoms with van der Waals surface area (Å²) in [5.74, 6) is 0. The number of nitrogens with zero attached hydrogens (tertiary/aromatic N) is 1. The third kappa shape index (κ3) is 1.72. The summed E-state index contributed by atoms with van der Waals surface area (Å²) in [7, 11) is 1.96. The fourth-order valence-electron chi connectivity index (χ4n) is 1.18. The number of rotatable bonds is 4. The van der Waals surface area contributed by atoms with Gasteiger partial charge in [0, 0.05) is 6.04 Å². The first kappa shape index (κ1) is 8.97. The molecule has 0 heterocycles. The molecule has 1 saturated carbocycles. The van der Waals surface area contributed by atoms with Crippen LogP contribution in [-0.2, 0) is 0 Å². The average Bonchev–Trinajstić information content (AvgIpc) is 2.84. The zero-order chi connectivity index (χ0) is 8.48. The zero-order valence-electron chi connectivity index (χ0n) is 7.25. The standard InChI is InChI=1S/C8H17NO2/c1-8(5-10,6-11)9(2)7-3-4-7/h7,10-11H,3-6H2,1-2H3. The van der Waals surface area contributed by atoms with Crippen molar-refractivity contribution in [3.63, 3.8) is 0 Å². The maximum absolute atomic E-state index is 9.03. The summed E-state index contributed by atoms with van der Waals surface area (Å²) in [6.45, 7) is 1.93. The second kappa shape index (κ2) is 3.09. The molecule has 66 valence electrons. The third-order valence-corrected chi connectivity index (χ3v) is 2.63. The van der Waals surface area contributed by atoms with Crippen LogP contribution >= 0.6 is 0 Å². The van der Waals surface area contributed by atoms with Gasteiger partial charge in [0.05, 0.1) is 18.8 Å². The molecule has 0 aliphatic heterocycles. The maximum Gasteiger partial charge on any atom is 0.0644 e. The van der Waals surface area contributed by atoms with E-state index in [-0.39, 0.29) is 13.2 Å². The predicted octanol–water partition coefficient (Wildman–Crippen LogP) is -0.176. The van der Waals surface area contributed by atoms with Crippen LogP contribution in [0.1, 0.15) is 19.8 Å². The second-order valence-electron chi connectivity index (χ2n) is 3.66. The Balaban J connectivity index is 2.51. The van der Waals surface area contributed by atoms with Crippen molar-refractivity contribution in [2.45, 2.75) is 31.3 Å². The third-order valence-electron chi connectivity index (χ3n) is 2.63. The van der Waals surface area contributed by atoms with Crippen molar-refractivity contribution in [3.05, 3.63) is 0 Å². The summed E-state index contributed by atoms with van der Waals surface area (Å²) in [4.78, 5) is 2.08. The van der Waals surface area contributed by atoms with Gasteiger partial charge in [0.1, 0.15) is 0 Å². The molecule has 1 rings (SSSR count). The number of aliphatic hydroxyl groups excluding tert-OH is 2. The molecule has 11 heavy (non-hydrogen) atoms. The Bertz CT molecular complexity index is 130. The zero-order valence-corrected chi connectivity index (χ0v) is 7.25. The normalized spacial score (nSPS) is 19.4. The lowest BCUT2D eigenvalue weighted by atomic mass is 10.0. The topological polar surface area (TPSA) is 43.7 Å². The first-order valence-corrected chi connectivity index (χ1v) is 4.09. The fraction of sp³-hybridized carbons (Fsp3) is 1.00. The van der Waals surface area contributed by atoms with Crippen molar-refractivity contribution in [3.8, 4) is 0 Å². The van der Waals surface area contributed by atoms with Crippen molar-refractivity contribution in [2.75, 3.05) is 20.3 Å². The molecule has 0 spiro atoms. The van der Waals surface area contributed by atoms with Gasteiger partial charge < -0.3 is 10.2 Å². The van der Waals surface area contributed by atoms with Crippen LogP contribution in [0.15, 0.2) is 0 Å². The van der Waals surface area contributed by atoms with Crippen LogP contribution in [0.4, 0.5) is 0 Å². The summed E-state index contributed by atoms with van der Waals surface area (Å²) in [5, 5.41) is 18.1. The van der Waals surface area contributed by atoms with Gasteiger partial charge in [-0.15, -0.1) is 0 Å². The lowest BCUT2D eigenvalue weighted by molar-refractivity contribution is 0.0106. The monoisotopic (exact) mass is 159 g/mol. The summed E-state index contributed by atoms with van der Waals surface area (Å²) in [6, 6.07) is 0.583. The summed E-state index contributed by atoms with van der Waals surface area (Å²) in [6.07, 6.45) is 2.40. The van der Waals surface area contributed by atoms with Crippen molar-refractivity contribution in [1.29, 1.82) is 0 Å². The van der Waals surface area contributed by atoms with E-state index in [1.807, 2.05) is 14.0 Å². The average molecular weight is 159 g/mol. The van der Waals surface area contributed by atoms with E-state index in [9.17, 15) is 0 Å². The molecule has 2 N–H and O–H groups in total. The lowest BCUT2D eigenvalue weighted by Crippen LogP contribution is -2.51. The van der Waals surface area contributed by atoms with Crippen LogP contribution in [0.2, 0.25) is 0 Å². The van der Waals surface area contributed by atoms with Crippen LogP contribution in [-0.4, -0.2) is 47.0 Å². The number of hydrogen-bond acceptors (Lipinski definition) is 3. The predicted molar refractivity (Wildman–Crippen MR) is 43.4 cm³/mol. The molecule has 0 bridgehead atoms. The van der Waals surface area contributed by atoms with E-state index in [0.29, 0.717) is 6.04 Å². The highest BCUT2D eigenvalue weighted by Gasteiger charge is 2.37. The molecule has 0 amide bonds. The minimum absolute atomic E-state index is 0.0243. The Labute approximate surface area is 67.6 Å². The van der Waals surface area contributed by atoms with Crippen LogP contribution < -0.4 is 0 Å². The SMILES string of the molecule is CN(C1CC1)C(C)(CO)CO. The first-order chi connectivity index (χ1) is 5.14. The van der Waals surface area contributed by atoms with E-state index in [0.717, 1.165) is 0 Å². The number of hydrogen-bond donors (Lipinski definition) is 2.